The van der Waals surface area contributed by atoms with E-state index >= 15 is 0 Å². The van der Waals surface area contributed by atoms with Gasteiger partial charge < -0.3 is 5.11 Å². The zero-order valence-electron chi connectivity index (χ0n) is 12.2. The Hall–Kier alpha value is -1.76. The van der Waals surface area contributed by atoms with Crippen LogP contribution in [0.3, 0.4) is 0 Å². The van der Waals surface area contributed by atoms with Crippen molar-refractivity contribution in [3.05, 3.63) is 65.5 Å². The van der Waals surface area contributed by atoms with Gasteiger partial charge in [0.05, 0.1) is 11.0 Å². The molecule has 0 aliphatic rings. The molecule has 0 fully saturated rings. The van der Waals surface area contributed by atoms with Crippen LogP contribution in [0.5, 0.6) is 0 Å². The van der Waals surface area contributed by atoms with E-state index in [2.05, 4.69) is 4.72 Å². The van der Waals surface area contributed by atoms with Crippen molar-refractivity contribution in [3.63, 3.8) is 0 Å². The van der Waals surface area contributed by atoms with Gasteiger partial charge >= 0.3 is 0 Å². The highest BCUT2D eigenvalue weighted by Crippen LogP contribution is 2.17. The fraction of sp³-hybridized carbons (Fsp3) is 0.250. The Balaban J connectivity index is 1.98. The minimum absolute atomic E-state index is 0.0634. The molecule has 2 aromatic carbocycles. The number of aliphatic hydroxyl groups is 1. The first kappa shape index (κ1) is 16.6. The molecule has 2 aromatic rings. The Morgan fingerprint density at radius 3 is 2.50 bits per heavy atom. The second-order valence-corrected chi connectivity index (χ2v) is 6.84. The SMILES string of the molecule is Cc1cc(F)cc(S(=O)(=O)NCCC(O)c2ccccc2)c1. The largest absolute Gasteiger partial charge is 0.388 e. The van der Waals surface area contributed by atoms with Gasteiger partial charge in [-0.05, 0) is 42.7 Å². The first-order valence-corrected chi connectivity index (χ1v) is 8.37. The molecule has 0 aliphatic carbocycles. The summed E-state index contributed by atoms with van der Waals surface area (Å²) in [5, 5.41) is 9.98. The average molecular weight is 323 g/mol. The Morgan fingerprint density at radius 1 is 1.18 bits per heavy atom. The summed E-state index contributed by atoms with van der Waals surface area (Å²) in [6.07, 6.45) is -0.518. The zero-order chi connectivity index (χ0) is 16.2. The highest BCUT2D eigenvalue weighted by Gasteiger charge is 2.16. The quantitative estimate of drug-likeness (QED) is 0.858. The number of aryl methyl sites for hydroxylation is 1. The lowest BCUT2D eigenvalue weighted by Crippen LogP contribution is -2.26. The van der Waals surface area contributed by atoms with Crippen LogP contribution < -0.4 is 4.72 Å². The molecule has 4 nitrogen and oxygen atoms in total. The smallest absolute Gasteiger partial charge is 0.240 e. The van der Waals surface area contributed by atoms with E-state index in [1.165, 1.54) is 12.1 Å². The summed E-state index contributed by atoms with van der Waals surface area (Å²) in [5.74, 6) is -0.593. The van der Waals surface area contributed by atoms with Gasteiger partial charge in [-0.15, -0.1) is 0 Å². The fourth-order valence-corrected chi connectivity index (χ4v) is 3.28. The first-order valence-electron chi connectivity index (χ1n) is 6.88. The van der Waals surface area contributed by atoms with Crippen molar-refractivity contribution < 1.29 is 17.9 Å². The topological polar surface area (TPSA) is 66.4 Å². The number of hydrogen-bond donors (Lipinski definition) is 2. The maximum Gasteiger partial charge on any atom is 0.240 e. The van der Waals surface area contributed by atoms with Gasteiger partial charge in [0.25, 0.3) is 0 Å². The molecular weight excluding hydrogens is 305 g/mol. The second-order valence-electron chi connectivity index (χ2n) is 5.08. The third kappa shape index (κ3) is 4.37. The summed E-state index contributed by atoms with van der Waals surface area (Å²) in [7, 11) is -3.78. The van der Waals surface area contributed by atoms with E-state index in [-0.39, 0.29) is 17.9 Å². The second kappa shape index (κ2) is 7.00. The normalized spacial score (nSPS) is 13.0. The van der Waals surface area contributed by atoms with E-state index in [0.717, 1.165) is 11.6 Å². The van der Waals surface area contributed by atoms with Crippen molar-refractivity contribution >= 4 is 10.0 Å². The van der Waals surface area contributed by atoms with Crippen molar-refractivity contribution in [1.82, 2.24) is 4.72 Å². The van der Waals surface area contributed by atoms with Crippen LogP contribution in [0, 0.1) is 12.7 Å². The van der Waals surface area contributed by atoms with Crippen LogP contribution in [0.25, 0.3) is 0 Å². The molecule has 0 aromatic heterocycles. The fourth-order valence-electron chi connectivity index (χ4n) is 2.11. The molecule has 0 aliphatic heterocycles. The van der Waals surface area contributed by atoms with Crippen LogP contribution in [0.1, 0.15) is 23.7 Å². The van der Waals surface area contributed by atoms with Crippen LogP contribution in [0.4, 0.5) is 4.39 Å². The summed E-state index contributed by atoms with van der Waals surface area (Å²) in [5.41, 5.74) is 1.26. The summed E-state index contributed by atoms with van der Waals surface area (Å²) >= 11 is 0. The van der Waals surface area contributed by atoms with Gasteiger partial charge in [-0.1, -0.05) is 30.3 Å². The van der Waals surface area contributed by atoms with Crippen molar-refractivity contribution in [2.24, 2.45) is 0 Å². The predicted octanol–water partition coefficient (Wildman–Crippen LogP) is 2.54. The predicted molar refractivity (Wildman–Crippen MR) is 82.3 cm³/mol. The van der Waals surface area contributed by atoms with Crippen molar-refractivity contribution in [3.8, 4) is 0 Å². The van der Waals surface area contributed by atoms with Gasteiger partial charge in [0.1, 0.15) is 5.82 Å². The Bertz CT molecular complexity index is 712. The van der Waals surface area contributed by atoms with Crippen LogP contribution in [0.15, 0.2) is 53.4 Å². The Labute approximate surface area is 129 Å². The van der Waals surface area contributed by atoms with Crippen LogP contribution in [-0.2, 0) is 10.0 Å². The summed E-state index contributed by atoms with van der Waals surface area (Å²) in [6, 6.07) is 12.6. The van der Waals surface area contributed by atoms with Gasteiger partial charge in [-0.25, -0.2) is 17.5 Å². The molecule has 0 bridgehead atoms. The molecule has 0 amide bonds. The van der Waals surface area contributed by atoms with Crippen molar-refractivity contribution in [2.75, 3.05) is 6.54 Å². The molecule has 2 rings (SSSR count). The maximum atomic E-state index is 13.3. The summed E-state index contributed by atoms with van der Waals surface area (Å²) in [4.78, 5) is -0.112. The number of sulfonamides is 1. The van der Waals surface area contributed by atoms with Crippen LogP contribution in [-0.4, -0.2) is 20.1 Å². The van der Waals surface area contributed by atoms with Gasteiger partial charge in [0, 0.05) is 6.54 Å². The lowest BCUT2D eigenvalue weighted by Gasteiger charge is -2.12. The molecule has 0 saturated heterocycles. The minimum atomic E-state index is -3.78. The zero-order valence-corrected chi connectivity index (χ0v) is 13.0. The number of benzene rings is 2. The lowest BCUT2D eigenvalue weighted by atomic mass is 10.1. The summed E-state index contributed by atoms with van der Waals surface area (Å²) < 4.78 is 39.9. The van der Waals surface area contributed by atoms with E-state index in [0.29, 0.717) is 5.56 Å². The number of halogens is 1. The number of hydrogen-bond acceptors (Lipinski definition) is 3. The Kier molecular flexibility index (Phi) is 5.28. The van der Waals surface area contributed by atoms with Crippen LogP contribution >= 0.6 is 0 Å². The van der Waals surface area contributed by atoms with E-state index in [9.17, 15) is 17.9 Å². The van der Waals surface area contributed by atoms with Crippen molar-refractivity contribution in [1.29, 1.82) is 0 Å². The number of nitrogens with one attached hydrogen (secondary N) is 1. The molecule has 0 spiro atoms. The molecule has 1 atom stereocenters. The first-order chi connectivity index (χ1) is 10.4. The highest BCUT2D eigenvalue weighted by atomic mass is 32.2. The lowest BCUT2D eigenvalue weighted by molar-refractivity contribution is 0.169. The third-order valence-electron chi connectivity index (χ3n) is 3.22. The minimum Gasteiger partial charge on any atom is -0.388 e. The monoisotopic (exact) mass is 323 g/mol. The van der Waals surface area contributed by atoms with Crippen LogP contribution in [0.2, 0.25) is 0 Å². The molecule has 1 unspecified atom stereocenters. The van der Waals surface area contributed by atoms with Gasteiger partial charge in [-0.2, -0.15) is 0 Å². The molecular formula is C16H18FNO3S. The average Bonchev–Trinajstić information content (AvgIpc) is 2.47. The molecule has 2 N–H and O–H groups in total. The Morgan fingerprint density at radius 2 is 1.86 bits per heavy atom. The molecule has 118 valence electrons. The molecule has 22 heavy (non-hydrogen) atoms. The number of aliphatic hydroxyl groups excluding tert-OH is 1. The van der Waals surface area contributed by atoms with Gasteiger partial charge in [-0.3, -0.25) is 0 Å². The molecule has 0 saturated carbocycles. The molecule has 0 radical (unpaired) electrons. The van der Waals surface area contributed by atoms with E-state index in [4.69, 9.17) is 0 Å². The summed E-state index contributed by atoms with van der Waals surface area (Å²) in [6.45, 7) is 1.69. The van der Waals surface area contributed by atoms with E-state index in [1.54, 1.807) is 31.2 Å². The molecule has 0 heterocycles. The maximum absolute atomic E-state index is 13.3. The van der Waals surface area contributed by atoms with Gasteiger partial charge in [0.15, 0.2) is 0 Å². The third-order valence-corrected chi connectivity index (χ3v) is 4.66. The standard InChI is InChI=1S/C16H18FNO3S/c1-12-9-14(17)11-15(10-12)22(20,21)18-8-7-16(19)13-5-3-2-4-6-13/h2-6,9-11,16,18-19H,7-8H2,1H3. The highest BCUT2D eigenvalue weighted by molar-refractivity contribution is 7.89. The molecule has 6 heteroatoms. The number of rotatable bonds is 6. The van der Waals surface area contributed by atoms with E-state index in [1.807, 2.05) is 6.07 Å². The van der Waals surface area contributed by atoms with E-state index < -0.39 is 21.9 Å². The van der Waals surface area contributed by atoms with Crippen molar-refractivity contribution in [2.45, 2.75) is 24.3 Å². The van der Waals surface area contributed by atoms with Gasteiger partial charge in [0.2, 0.25) is 10.0 Å².